The summed E-state index contributed by atoms with van der Waals surface area (Å²) in [4.78, 5) is 30.7. The first kappa shape index (κ1) is 14.7. The quantitative estimate of drug-likeness (QED) is 0.741. The minimum Gasteiger partial charge on any atom is -0.339 e. The lowest BCUT2D eigenvalue weighted by atomic mass is 10.1. The predicted molar refractivity (Wildman–Crippen MR) is 80.9 cm³/mol. The van der Waals surface area contributed by atoms with Crippen LogP contribution >= 0.6 is 0 Å². The number of carbonyl (C=O) groups is 2. The van der Waals surface area contributed by atoms with Gasteiger partial charge in [0.1, 0.15) is 0 Å². The molecule has 1 saturated carbocycles. The zero-order chi connectivity index (χ0) is 14.7. The van der Waals surface area contributed by atoms with Crippen LogP contribution in [0.2, 0.25) is 0 Å². The summed E-state index contributed by atoms with van der Waals surface area (Å²) in [5.41, 5.74) is 0. The molecule has 0 aromatic rings. The highest BCUT2D eigenvalue weighted by Gasteiger charge is 2.31. The van der Waals surface area contributed by atoms with E-state index in [9.17, 15) is 9.59 Å². The van der Waals surface area contributed by atoms with Gasteiger partial charge in [0.2, 0.25) is 5.91 Å². The third kappa shape index (κ3) is 3.33. The Kier molecular flexibility index (Phi) is 4.66. The lowest BCUT2D eigenvalue weighted by Crippen LogP contribution is -2.55. The van der Waals surface area contributed by atoms with Crippen molar-refractivity contribution >= 4 is 11.9 Å². The molecule has 0 aromatic carbocycles. The molecule has 0 unspecified atom stereocenters. The van der Waals surface area contributed by atoms with Gasteiger partial charge in [0.15, 0.2) is 0 Å². The van der Waals surface area contributed by atoms with Gasteiger partial charge < -0.3 is 14.7 Å². The van der Waals surface area contributed by atoms with Gasteiger partial charge in [-0.2, -0.15) is 0 Å². The van der Waals surface area contributed by atoms with Crippen molar-refractivity contribution < 1.29 is 9.59 Å². The van der Waals surface area contributed by atoms with Crippen molar-refractivity contribution in [1.82, 2.24) is 14.7 Å². The molecule has 0 N–H and O–H groups in total. The second kappa shape index (κ2) is 6.67. The van der Waals surface area contributed by atoms with Crippen molar-refractivity contribution in [3.05, 3.63) is 0 Å². The van der Waals surface area contributed by atoms with Crippen molar-refractivity contribution in [2.75, 3.05) is 39.3 Å². The third-order valence-electron chi connectivity index (χ3n) is 5.19. The summed E-state index contributed by atoms with van der Waals surface area (Å²) >= 11 is 0. The van der Waals surface area contributed by atoms with Gasteiger partial charge in [-0.25, -0.2) is 4.79 Å². The molecule has 0 bridgehead atoms. The van der Waals surface area contributed by atoms with E-state index in [0.29, 0.717) is 19.0 Å². The Morgan fingerprint density at radius 3 is 1.76 bits per heavy atom. The van der Waals surface area contributed by atoms with Crippen molar-refractivity contribution in [2.24, 2.45) is 5.92 Å². The monoisotopic (exact) mass is 293 g/mol. The van der Waals surface area contributed by atoms with Gasteiger partial charge in [0.05, 0.1) is 0 Å². The number of rotatable bonds is 1. The molecule has 3 rings (SSSR count). The topological polar surface area (TPSA) is 43.9 Å². The Balaban J connectivity index is 1.48. The Hall–Kier alpha value is -1.26. The summed E-state index contributed by atoms with van der Waals surface area (Å²) in [5, 5.41) is 0. The van der Waals surface area contributed by atoms with Crippen LogP contribution in [0.3, 0.4) is 0 Å². The van der Waals surface area contributed by atoms with Crippen LogP contribution in [0.1, 0.15) is 44.9 Å². The number of hydrogen-bond donors (Lipinski definition) is 0. The number of hydrogen-bond acceptors (Lipinski definition) is 2. The predicted octanol–water partition coefficient (Wildman–Crippen LogP) is 1.93. The fourth-order valence-corrected chi connectivity index (χ4v) is 3.83. The summed E-state index contributed by atoms with van der Waals surface area (Å²) in [6.07, 6.45) is 8.02. The normalized spacial score (nSPS) is 24.5. The molecule has 0 atom stereocenters. The Morgan fingerprint density at radius 1 is 0.619 bits per heavy atom. The van der Waals surface area contributed by atoms with E-state index in [4.69, 9.17) is 0 Å². The number of amides is 3. The first-order valence-corrected chi connectivity index (χ1v) is 8.58. The molecule has 0 spiro atoms. The van der Waals surface area contributed by atoms with E-state index < -0.39 is 0 Å². The molecule has 0 radical (unpaired) electrons. The lowest BCUT2D eigenvalue weighted by Gasteiger charge is -2.39. The number of carbonyl (C=O) groups excluding carboxylic acids is 2. The first-order valence-electron chi connectivity index (χ1n) is 8.58. The van der Waals surface area contributed by atoms with Crippen molar-refractivity contribution in [2.45, 2.75) is 44.9 Å². The lowest BCUT2D eigenvalue weighted by molar-refractivity contribution is -0.136. The highest BCUT2D eigenvalue weighted by Crippen LogP contribution is 2.27. The van der Waals surface area contributed by atoms with Gasteiger partial charge in [0, 0.05) is 45.2 Å². The first-order chi connectivity index (χ1) is 10.3. The summed E-state index contributed by atoms with van der Waals surface area (Å²) in [5.74, 6) is 0.590. The van der Waals surface area contributed by atoms with E-state index in [1.54, 1.807) is 0 Å². The third-order valence-corrected chi connectivity index (χ3v) is 5.19. The number of likely N-dealkylation sites (tertiary alicyclic amines) is 1. The van der Waals surface area contributed by atoms with Crippen molar-refractivity contribution in [3.63, 3.8) is 0 Å². The molecule has 118 valence electrons. The average Bonchev–Trinajstić information content (AvgIpc) is 3.09. The maximum atomic E-state index is 12.4. The van der Waals surface area contributed by atoms with Crippen molar-refractivity contribution in [3.8, 4) is 0 Å². The van der Waals surface area contributed by atoms with Crippen LogP contribution in [0.4, 0.5) is 4.79 Å². The van der Waals surface area contributed by atoms with Crippen LogP contribution in [0.5, 0.6) is 0 Å². The van der Waals surface area contributed by atoms with Gasteiger partial charge in [-0.3, -0.25) is 4.79 Å². The fraction of sp³-hybridized carbons (Fsp3) is 0.875. The average molecular weight is 293 g/mol. The van der Waals surface area contributed by atoms with Gasteiger partial charge in [-0.1, -0.05) is 12.8 Å². The summed E-state index contributed by atoms with van der Waals surface area (Å²) in [6, 6.07) is 0.183. The van der Waals surface area contributed by atoms with E-state index in [2.05, 4.69) is 0 Å². The molecule has 3 amide bonds. The van der Waals surface area contributed by atoms with Gasteiger partial charge in [-0.15, -0.1) is 0 Å². The molecule has 2 aliphatic heterocycles. The van der Waals surface area contributed by atoms with Crippen LogP contribution in [-0.2, 0) is 4.79 Å². The molecule has 5 heteroatoms. The molecule has 1 aliphatic carbocycles. The Morgan fingerprint density at radius 2 is 1.14 bits per heavy atom. The van der Waals surface area contributed by atoms with Crippen LogP contribution in [0, 0.1) is 5.92 Å². The highest BCUT2D eigenvalue weighted by atomic mass is 16.2. The molecule has 21 heavy (non-hydrogen) atoms. The minimum absolute atomic E-state index is 0.183. The van der Waals surface area contributed by atoms with Gasteiger partial charge >= 0.3 is 6.03 Å². The molecule has 3 aliphatic rings. The maximum Gasteiger partial charge on any atom is 0.320 e. The summed E-state index contributed by atoms with van der Waals surface area (Å²) < 4.78 is 0. The summed E-state index contributed by atoms with van der Waals surface area (Å²) in [7, 11) is 0. The molecule has 5 nitrogen and oxygen atoms in total. The number of piperazine rings is 1. The van der Waals surface area contributed by atoms with Crippen molar-refractivity contribution in [1.29, 1.82) is 0 Å². The standard InChI is InChI=1S/C16H27N3O2/c20-15(14-6-2-3-7-14)17-10-12-19(13-11-17)16(21)18-8-4-1-5-9-18/h14H,1-13H2. The SMILES string of the molecule is O=C(C1CCCC1)N1CCN(C(=O)N2CCCCC2)CC1. The molecule has 2 saturated heterocycles. The van der Waals surface area contributed by atoms with Crippen LogP contribution in [-0.4, -0.2) is 65.9 Å². The number of nitrogens with zero attached hydrogens (tertiary/aromatic N) is 3. The molecular formula is C16H27N3O2. The van der Waals surface area contributed by atoms with Crippen LogP contribution in [0.15, 0.2) is 0 Å². The zero-order valence-electron chi connectivity index (χ0n) is 12.9. The van der Waals surface area contributed by atoms with E-state index >= 15 is 0 Å². The van der Waals surface area contributed by atoms with E-state index in [-0.39, 0.29) is 11.9 Å². The number of urea groups is 1. The largest absolute Gasteiger partial charge is 0.339 e. The molecule has 0 aromatic heterocycles. The van der Waals surface area contributed by atoms with E-state index in [1.807, 2.05) is 14.7 Å². The van der Waals surface area contributed by atoms with Gasteiger partial charge in [0.25, 0.3) is 0 Å². The summed E-state index contributed by atoms with van der Waals surface area (Å²) in [6.45, 7) is 4.64. The second-order valence-electron chi connectivity index (χ2n) is 6.62. The van der Waals surface area contributed by atoms with Gasteiger partial charge in [-0.05, 0) is 32.1 Å². The van der Waals surface area contributed by atoms with E-state index in [0.717, 1.165) is 51.9 Å². The molecular weight excluding hydrogens is 266 g/mol. The smallest absolute Gasteiger partial charge is 0.320 e. The number of piperidine rings is 1. The Bertz CT molecular complexity index is 379. The second-order valence-corrected chi connectivity index (χ2v) is 6.62. The molecule has 3 fully saturated rings. The zero-order valence-corrected chi connectivity index (χ0v) is 12.9. The highest BCUT2D eigenvalue weighted by molar-refractivity contribution is 5.80. The maximum absolute atomic E-state index is 12.4. The fourth-order valence-electron chi connectivity index (χ4n) is 3.83. The van der Waals surface area contributed by atoms with Crippen LogP contribution in [0.25, 0.3) is 0 Å². The van der Waals surface area contributed by atoms with Crippen LogP contribution < -0.4 is 0 Å². The Labute approximate surface area is 127 Å². The minimum atomic E-state index is 0.183. The molecule has 2 heterocycles. The van der Waals surface area contributed by atoms with E-state index in [1.165, 1.54) is 19.3 Å².